The van der Waals surface area contributed by atoms with Gasteiger partial charge in [0.2, 0.25) is 11.9 Å². The zero-order valence-electron chi connectivity index (χ0n) is 8.18. The number of rotatable bonds is 3. The van der Waals surface area contributed by atoms with E-state index in [-0.39, 0.29) is 5.82 Å². The van der Waals surface area contributed by atoms with Crippen LogP contribution in [0.25, 0.3) is 0 Å². The van der Waals surface area contributed by atoms with Crippen molar-refractivity contribution in [3.05, 3.63) is 24.1 Å². The Kier molecular flexibility index (Phi) is 2.55. The normalized spacial score (nSPS) is 22.6. The molecule has 0 spiro atoms. The van der Waals surface area contributed by atoms with Crippen LogP contribution in [0, 0.1) is 17.8 Å². The molecule has 1 aliphatic carbocycles. The Labute approximate surface area is 90.3 Å². The first-order chi connectivity index (χ1) is 7.58. The van der Waals surface area contributed by atoms with Crippen LogP contribution in [0.15, 0.2) is 18.2 Å². The van der Waals surface area contributed by atoms with Gasteiger partial charge in [-0.3, -0.25) is 9.59 Å². The van der Waals surface area contributed by atoms with Gasteiger partial charge in [-0.15, -0.1) is 0 Å². The third kappa shape index (κ3) is 2.16. The molecule has 16 heavy (non-hydrogen) atoms. The maximum atomic E-state index is 12.7. The lowest BCUT2D eigenvalue weighted by Gasteiger charge is -2.02. The highest BCUT2D eigenvalue weighted by atomic mass is 19.1. The zero-order valence-corrected chi connectivity index (χ0v) is 8.18. The van der Waals surface area contributed by atoms with E-state index in [0.717, 1.165) is 6.07 Å². The fourth-order valence-electron chi connectivity index (χ4n) is 1.45. The summed E-state index contributed by atoms with van der Waals surface area (Å²) in [4.78, 5) is 25.4. The minimum absolute atomic E-state index is 0.0982. The van der Waals surface area contributed by atoms with E-state index >= 15 is 0 Å². The van der Waals surface area contributed by atoms with Crippen LogP contribution in [0.1, 0.15) is 6.42 Å². The van der Waals surface area contributed by atoms with Crippen LogP contribution < -0.4 is 5.32 Å². The minimum atomic E-state index is -0.979. The van der Waals surface area contributed by atoms with Crippen LogP contribution in [0.2, 0.25) is 0 Å². The molecule has 2 atom stereocenters. The summed E-state index contributed by atoms with van der Waals surface area (Å²) in [6.07, 6.45) is 0.330. The van der Waals surface area contributed by atoms with Crippen molar-refractivity contribution in [1.82, 2.24) is 4.98 Å². The molecule has 84 valence electrons. The molecular formula is C10H9FN2O3. The van der Waals surface area contributed by atoms with Gasteiger partial charge in [-0.05, 0) is 18.6 Å². The molecule has 0 aliphatic heterocycles. The molecule has 1 saturated carbocycles. The third-order valence-corrected chi connectivity index (χ3v) is 2.41. The second-order valence-electron chi connectivity index (χ2n) is 3.62. The van der Waals surface area contributed by atoms with Gasteiger partial charge in [0, 0.05) is 0 Å². The van der Waals surface area contributed by atoms with E-state index in [9.17, 15) is 14.0 Å². The molecule has 0 unspecified atom stereocenters. The van der Waals surface area contributed by atoms with E-state index in [1.165, 1.54) is 12.1 Å². The molecule has 0 radical (unpaired) electrons. The summed E-state index contributed by atoms with van der Waals surface area (Å²) >= 11 is 0. The molecule has 6 heteroatoms. The van der Waals surface area contributed by atoms with Crippen molar-refractivity contribution in [2.24, 2.45) is 11.8 Å². The fraction of sp³-hybridized carbons (Fsp3) is 0.300. The smallest absolute Gasteiger partial charge is 0.307 e. The highest BCUT2D eigenvalue weighted by Crippen LogP contribution is 2.39. The van der Waals surface area contributed by atoms with Crippen LogP contribution in [-0.2, 0) is 9.59 Å². The number of amides is 1. The lowest BCUT2D eigenvalue weighted by molar-refractivity contribution is -0.139. The SMILES string of the molecule is O=C(O)[C@H]1C[C@H]1C(=O)Nc1cccc(F)n1. The number of carboxylic acid groups (broad SMARTS) is 1. The van der Waals surface area contributed by atoms with E-state index < -0.39 is 29.7 Å². The first-order valence-corrected chi connectivity index (χ1v) is 4.74. The number of aromatic nitrogens is 1. The first-order valence-electron chi connectivity index (χ1n) is 4.74. The molecule has 2 N–H and O–H groups in total. The number of carbonyl (C=O) groups excluding carboxylic acids is 1. The number of nitrogens with one attached hydrogen (secondary N) is 1. The lowest BCUT2D eigenvalue weighted by Crippen LogP contribution is -2.17. The highest BCUT2D eigenvalue weighted by Gasteiger charge is 2.48. The predicted molar refractivity (Wildman–Crippen MR) is 52.1 cm³/mol. The molecule has 0 aromatic carbocycles. The second kappa shape index (κ2) is 3.88. The predicted octanol–water partition coefficient (Wildman–Crippen LogP) is 0.880. The zero-order chi connectivity index (χ0) is 11.7. The van der Waals surface area contributed by atoms with Crippen molar-refractivity contribution >= 4 is 17.7 Å². The number of carboxylic acids is 1. The van der Waals surface area contributed by atoms with Crippen LogP contribution >= 0.6 is 0 Å². The first kappa shape index (κ1) is 10.5. The average molecular weight is 224 g/mol. The Morgan fingerprint density at radius 2 is 2.19 bits per heavy atom. The van der Waals surface area contributed by atoms with Crippen molar-refractivity contribution < 1.29 is 19.1 Å². The maximum Gasteiger partial charge on any atom is 0.307 e. The Morgan fingerprint density at radius 3 is 2.75 bits per heavy atom. The van der Waals surface area contributed by atoms with Gasteiger partial charge in [0.1, 0.15) is 5.82 Å². The monoisotopic (exact) mass is 224 g/mol. The van der Waals surface area contributed by atoms with Crippen LogP contribution in [0.5, 0.6) is 0 Å². The molecular weight excluding hydrogens is 215 g/mol. The molecule has 5 nitrogen and oxygen atoms in total. The van der Waals surface area contributed by atoms with Crippen molar-refractivity contribution in [2.75, 3.05) is 5.32 Å². The minimum Gasteiger partial charge on any atom is -0.481 e. The summed E-state index contributed by atoms with van der Waals surface area (Å²) in [5, 5.41) is 11.0. The van der Waals surface area contributed by atoms with Gasteiger partial charge < -0.3 is 10.4 Å². The number of nitrogens with zero attached hydrogens (tertiary/aromatic N) is 1. The van der Waals surface area contributed by atoms with E-state index in [1.807, 2.05) is 0 Å². The summed E-state index contributed by atoms with van der Waals surface area (Å²) in [7, 11) is 0. The highest BCUT2D eigenvalue weighted by molar-refractivity contribution is 5.97. The van der Waals surface area contributed by atoms with Crippen molar-refractivity contribution in [3.8, 4) is 0 Å². The van der Waals surface area contributed by atoms with Gasteiger partial charge in [0.15, 0.2) is 0 Å². The van der Waals surface area contributed by atoms with Crippen molar-refractivity contribution in [1.29, 1.82) is 0 Å². The van der Waals surface area contributed by atoms with E-state index in [1.54, 1.807) is 0 Å². The molecule has 1 amide bonds. The molecule has 0 bridgehead atoms. The van der Waals surface area contributed by atoms with E-state index in [0.29, 0.717) is 6.42 Å². The molecule has 1 aliphatic rings. The lowest BCUT2D eigenvalue weighted by atomic mass is 10.3. The summed E-state index contributed by atoms with van der Waals surface area (Å²) in [5.41, 5.74) is 0. The number of hydrogen-bond acceptors (Lipinski definition) is 3. The van der Waals surface area contributed by atoms with Gasteiger partial charge in [0.05, 0.1) is 11.8 Å². The van der Waals surface area contributed by atoms with Gasteiger partial charge in [0.25, 0.3) is 0 Å². The molecule has 0 saturated heterocycles. The molecule has 1 aromatic rings. The van der Waals surface area contributed by atoms with Gasteiger partial charge in [-0.25, -0.2) is 4.98 Å². The number of halogens is 1. The number of hydrogen-bond donors (Lipinski definition) is 2. The molecule has 1 heterocycles. The topological polar surface area (TPSA) is 79.3 Å². The summed E-state index contributed by atoms with van der Waals surface area (Å²) in [6, 6.07) is 4.02. The Morgan fingerprint density at radius 1 is 1.44 bits per heavy atom. The van der Waals surface area contributed by atoms with Crippen LogP contribution in [0.4, 0.5) is 10.2 Å². The molecule has 2 rings (SSSR count). The number of pyridine rings is 1. The van der Waals surface area contributed by atoms with Crippen LogP contribution in [-0.4, -0.2) is 22.0 Å². The number of anilines is 1. The number of carbonyl (C=O) groups is 2. The van der Waals surface area contributed by atoms with Crippen molar-refractivity contribution in [3.63, 3.8) is 0 Å². The molecule has 1 aromatic heterocycles. The van der Waals surface area contributed by atoms with E-state index in [2.05, 4.69) is 10.3 Å². The van der Waals surface area contributed by atoms with E-state index in [4.69, 9.17) is 5.11 Å². The molecule has 1 fully saturated rings. The van der Waals surface area contributed by atoms with Crippen LogP contribution in [0.3, 0.4) is 0 Å². The summed E-state index contributed by atoms with van der Waals surface area (Å²) in [5.74, 6) is -3.14. The standard InChI is InChI=1S/C10H9FN2O3/c11-7-2-1-3-8(12-7)13-9(14)5-4-6(5)10(15)16/h1-3,5-6H,4H2,(H,15,16)(H,12,13,14)/t5-,6+/m1/s1. The maximum absolute atomic E-state index is 12.7. The van der Waals surface area contributed by atoms with Gasteiger partial charge >= 0.3 is 5.97 Å². The Balaban J connectivity index is 1.96. The second-order valence-corrected chi connectivity index (χ2v) is 3.62. The third-order valence-electron chi connectivity index (χ3n) is 2.41. The summed E-state index contributed by atoms with van der Waals surface area (Å²) in [6.45, 7) is 0. The van der Waals surface area contributed by atoms with Crippen molar-refractivity contribution in [2.45, 2.75) is 6.42 Å². The van der Waals surface area contributed by atoms with Gasteiger partial charge in [-0.1, -0.05) is 6.07 Å². The fourth-order valence-corrected chi connectivity index (χ4v) is 1.45. The quantitative estimate of drug-likeness (QED) is 0.747. The Hall–Kier alpha value is -1.98. The van der Waals surface area contributed by atoms with Gasteiger partial charge in [-0.2, -0.15) is 4.39 Å². The summed E-state index contributed by atoms with van der Waals surface area (Å²) < 4.78 is 12.7. The average Bonchev–Trinajstić information content (AvgIpc) is 2.96. The Bertz CT molecular complexity index is 449. The largest absolute Gasteiger partial charge is 0.481 e. The number of aliphatic carboxylic acids is 1.